The Balaban J connectivity index is 2.10. The maximum atomic E-state index is 12.0. The van der Waals surface area contributed by atoms with Crippen LogP contribution in [0.4, 0.5) is 0 Å². The third kappa shape index (κ3) is 1.84. The lowest BCUT2D eigenvalue weighted by molar-refractivity contribution is -0.249. The van der Waals surface area contributed by atoms with Crippen molar-refractivity contribution in [3.63, 3.8) is 0 Å². The van der Waals surface area contributed by atoms with Crippen molar-refractivity contribution >= 4 is 5.97 Å². The molecule has 2 aliphatic carbocycles. The van der Waals surface area contributed by atoms with Crippen molar-refractivity contribution < 1.29 is 24.5 Å². The third-order valence-electron chi connectivity index (χ3n) is 6.06. The van der Waals surface area contributed by atoms with Gasteiger partial charge >= 0.3 is 5.97 Å². The number of carbonyl (C=O) groups is 1. The van der Waals surface area contributed by atoms with Crippen LogP contribution >= 0.6 is 0 Å². The molecule has 0 aromatic carbocycles. The first-order valence-corrected chi connectivity index (χ1v) is 7.55. The van der Waals surface area contributed by atoms with Gasteiger partial charge < -0.3 is 19.7 Å². The fraction of sp³-hybridized carbons (Fsp3) is 0.812. The van der Waals surface area contributed by atoms with E-state index in [0.717, 1.165) is 5.57 Å². The highest BCUT2D eigenvalue weighted by Gasteiger charge is 2.64. The summed E-state index contributed by atoms with van der Waals surface area (Å²) in [4.78, 5) is 12.0. The molecule has 0 radical (unpaired) electrons. The number of hydrogen-bond donors (Lipinski definition) is 2. The van der Waals surface area contributed by atoms with Crippen molar-refractivity contribution in [2.75, 3.05) is 7.11 Å². The van der Waals surface area contributed by atoms with E-state index in [1.165, 1.54) is 7.11 Å². The molecule has 0 spiro atoms. The first-order valence-electron chi connectivity index (χ1n) is 7.55. The summed E-state index contributed by atoms with van der Waals surface area (Å²) >= 11 is 0. The zero-order chi connectivity index (χ0) is 15.6. The molecule has 0 unspecified atom stereocenters. The van der Waals surface area contributed by atoms with Crippen molar-refractivity contribution in [1.29, 1.82) is 0 Å². The molecule has 0 bridgehead atoms. The quantitative estimate of drug-likeness (QED) is 0.718. The van der Waals surface area contributed by atoms with Crippen molar-refractivity contribution in [3.05, 3.63) is 11.1 Å². The molecular weight excluding hydrogens is 272 g/mol. The Bertz CT molecular complexity index is 523. The van der Waals surface area contributed by atoms with Crippen molar-refractivity contribution in [3.8, 4) is 0 Å². The van der Waals surface area contributed by atoms with E-state index in [4.69, 9.17) is 9.47 Å². The zero-order valence-corrected chi connectivity index (χ0v) is 13.1. The summed E-state index contributed by atoms with van der Waals surface area (Å²) < 4.78 is 11.1. The van der Waals surface area contributed by atoms with Crippen LogP contribution in [0.25, 0.3) is 0 Å². The summed E-state index contributed by atoms with van der Waals surface area (Å²) in [6.07, 6.45) is 1.49. The van der Waals surface area contributed by atoms with Crippen molar-refractivity contribution in [1.82, 2.24) is 0 Å². The molecule has 2 N–H and O–H groups in total. The topological polar surface area (TPSA) is 76.0 Å². The van der Waals surface area contributed by atoms with Gasteiger partial charge in [-0.1, -0.05) is 6.92 Å². The normalized spacial score (nSPS) is 49.7. The average Bonchev–Trinajstić information content (AvgIpc) is 2.65. The van der Waals surface area contributed by atoms with Gasteiger partial charge in [0.25, 0.3) is 0 Å². The minimum absolute atomic E-state index is 0.114. The van der Waals surface area contributed by atoms with Gasteiger partial charge in [0, 0.05) is 30.1 Å². The standard InChI is InChI=1S/C16H24O5/c1-9-10-7-11-14(2,12(17)5-6-15(11,3)19)8-16(10,20-4)21-13(9)18/h11-12,17,19H,5-8H2,1-4H3/t11-,12-,14-,15-,16+/m1/s1. The molecule has 5 atom stereocenters. The van der Waals surface area contributed by atoms with E-state index in [2.05, 4.69) is 0 Å². The second-order valence-electron chi connectivity index (χ2n) is 7.30. The SMILES string of the molecule is CO[C@]12C[C@@]3(C)[C@H](O)CC[C@@](C)(O)[C@@H]3CC1=C(C)C(=O)O2. The van der Waals surface area contributed by atoms with E-state index in [0.29, 0.717) is 31.3 Å². The Hall–Kier alpha value is -0.910. The number of aliphatic hydroxyl groups is 2. The monoisotopic (exact) mass is 296 g/mol. The first kappa shape index (κ1) is 15.0. The Labute approximate surface area is 124 Å². The van der Waals surface area contributed by atoms with E-state index in [9.17, 15) is 15.0 Å². The van der Waals surface area contributed by atoms with Crippen LogP contribution in [0.5, 0.6) is 0 Å². The Kier molecular flexibility index (Phi) is 3.08. The molecule has 2 saturated carbocycles. The van der Waals surface area contributed by atoms with Crippen molar-refractivity contribution in [2.45, 2.75) is 63.9 Å². The molecule has 21 heavy (non-hydrogen) atoms. The Morgan fingerprint density at radius 1 is 1.38 bits per heavy atom. The van der Waals surface area contributed by atoms with Gasteiger partial charge in [0.2, 0.25) is 5.79 Å². The molecule has 0 aromatic heterocycles. The van der Waals surface area contributed by atoms with Crippen LogP contribution in [0, 0.1) is 11.3 Å². The molecule has 0 aromatic rings. The molecule has 1 heterocycles. The molecule has 118 valence electrons. The molecule has 3 rings (SSSR count). The predicted octanol–water partition coefficient (Wildman–Crippen LogP) is 1.52. The first-order chi connectivity index (χ1) is 9.66. The molecule has 1 aliphatic heterocycles. The number of methoxy groups -OCH3 is 1. The van der Waals surface area contributed by atoms with Gasteiger partial charge in [-0.3, -0.25) is 0 Å². The highest BCUT2D eigenvalue weighted by atomic mass is 16.7. The number of carbonyl (C=O) groups excluding carboxylic acids is 1. The summed E-state index contributed by atoms with van der Waals surface area (Å²) in [5.74, 6) is -1.54. The van der Waals surface area contributed by atoms with Gasteiger partial charge in [0.15, 0.2) is 0 Å². The number of fused-ring (bicyclic) bond motifs is 2. The summed E-state index contributed by atoms with van der Waals surface area (Å²) in [5, 5.41) is 21.3. The van der Waals surface area contributed by atoms with E-state index in [-0.39, 0.29) is 11.9 Å². The lowest BCUT2D eigenvalue weighted by atomic mass is 9.52. The second-order valence-corrected chi connectivity index (χ2v) is 7.30. The summed E-state index contributed by atoms with van der Waals surface area (Å²) in [6.45, 7) is 5.54. The molecule has 0 saturated heterocycles. The van der Waals surface area contributed by atoms with Crippen LogP contribution in [0.3, 0.4) is 0 Å². The van der Waals surface area contributed by atoms with Gasteiger partial charge in [-0.05, 0) is 39.0 Å². The lowest BCUT2D eigenvalue weighted by Crippen LogP contribution is -2.61. The van der Waals surface area contributed by atoms with Gasteiger partial charge in [0.1, 0.15) is 0 Å². The van der Waals surface area contributed by atoms with Gasteiger partial charge in [0.05, 0.1) is 11.7 Å². The van der Waals surface area contributed by atoms with Gasteiger partial charge in [-0.15, -0.1) is 0 Å². The van der Waals surface area contributed by atoms with Crippen LogP contribution in [-0.4, -0.2) is 40.8 Å². The summed E-state index contributed by atoms with van der Waals surface area (Å²) in [5.41, 5.74) is 0.0143. The molecule has 0 amide bonds. The van der Waals surface area contributed by atoms with E-state index in [1.807, 2.05) is 13.8 Å². The predicted molar refractivity (Wildman–Crippen MR) is 75.2 cm³/mol. The lowest BCUT2D eigenvalue weighted by Gasteiger charge is -2.57. The van der Waals surface area contributed by atoms with E-state index in [1.54, 1.807) is 6.92 Å². The maximum absolute atomic E-state index is 12.0. The summed E-state index contributed by atoms with van der Waals surface area (Å²) in [7, 11) is 1.53. The zero-order valence-electron chi connectivity index (χ0n) is 13.1. The van der Waals surface area contributed by atoms with Crippen LogP contribution in [0.15, 0.2) is 11.1 Å². The van der Waals surface area contributed by atoms with E-state index >= 15 is 0 Å². The third-order valence-corrected chi connectivity index (χ3v) is 6.06. The molecular formula is C16H24O5. The number of ether oxygens (including phenoxy) is 2. The van der Waals surface area contributed by atoms with Crippen LogP contribution in [0.2, 0.25) is 0 Å². The van der Waals surface area contributed by atoms with Crippen LogP contribution in [-0.2, 0) is 14.3 Å². The van der Waals surface area contributed by atoms with E-state index < -0.39 is 22.9 Å². The maximum Gasteiger partial charge on any atom is 0.336 e. The minimum Gasteiger partial charge on any atom is -0.426 e. The highest BCUT2D eigenvalue weighted by Crippen LogP contribution is 2.60. The molecule has 5 heteroatoms. The van der Waals surface area contributed by atoms with Gasteiger partial charge in [-0.25, -0.2) is 4.79 Å². The molecule has 3 aliphatic rings. The van der Waals surface area contributed by atoms with Crippen LogP contribution < -0.4 is 0 Å². The van der Waals surface area contributed by atoms with Crippen molar-refractivity contribution in [2.24, 2.45) is 11.3 Å². The highest BCUT2D eigenvalue weighted by molar-refractivity contribution is 5.92. The fourth-order valence-electron chi connectivity index (χ4n) is 4.66. The summed E-state index contributed by atoms with van der Waals surface area (Å²) in [6, 6.07) is 0. The Morgan fingerprint density at radius 2 is 2.05 bits per heavy atom. The van der Waals surface area contributed by atoms with Gasteiger partial charge in [-0.2, -0.15) is 0 Å². The minimum atomic E-state index is -1.07. The number of esters is 1. The number of aliphatic hydroxyl groups excluding tert-OH is 1. The molecule has 2 fully saturated rings. The molecule has 5 nitrogen and oxygen atoms in total. The second kappa shape index (κ2) is 4.31. The smallest absolute Gasteiger partial charge is 0.336 e. The number of hydrogen-bond acceptors (Lipinski definition) is 5. The fourth-order valence-corrected chi connectivity index (χ4v) is 4.66. The largest absolute Gasteiger partial charge is 0.426 e. The average molecular weight is 296 g/mol. The Morgan fingerprint density at radius 3 is 2.67 bits per heavy atom. The van der Waals surface area contributed by atoms with Crippen LogP contribution in [0.1, 0.15) is 46.5 Å². The number of rotatable bonds is 1.